The van der Waals surface area contributed by atoms with E-state index < -0.39 is 11.9 Å². The molecule has 0 aromatic heterocycles. The number of hydrogen-bond donors (Lipinski definition) is 3. The lowest BCUT2D eigenvalue weighted by Crippen LogP contribution is -2.65. The summed E-state index contributed by atoms with van der Waals surface area (Å²) in [5.74, 6) is 1.04. The van der Waals surface area contributed by atoms with Gasteiger partial charge in [-0.25, -0.2) is 9.59 Å². The Balaban J connectivity index is 1.12. The summed E-state index contributed by atoms with van der Waals surface area (Å²) in [4.78, 5) is 37.4. The number of anilines is 1. The van der Waals surface area contributed by atoms with E-state index in [4.69, 9.17) is 0 Å². The molecule has 0 saturated heterocycles. The minimum atomic E-state index is -0.929. The number of carboxylic acid groups (broad SMARTS) is 2. The molecule has 284 valence electrons. The van der Waals surface area contributed by atoms with Crippen LogP contribution in [-0.4, -0.2) is 34.5 Å². The van der Waals surface area contributed by atoms with Crippen LogP contribution in [0.3, 0.4) is 0 Å². The maximum absolute atomic E-state index is 14.6. The number of rotatable bonds is 10. The quantitative estimate of drug-likeness (QED) is 0.167. The zero-order chi connectivity index (χ0) is 38.1. The molecule has 2 aromatic carbocycles. The number of carbonyl (C=O) groups is 3. The summed E-state index contributed by atoms with van der Waals surface area (Å²) in [7, 11) is 0. The van der Waals surface area contributed by atoms with Crippen LogP contribution in [0, 0.1) is 56.7 Å². The standard InChI is InChI=1S/C47H61NO5/c1-29(2)34-20-25-47(39(49)9-8-28-48-33-16-14-32(15-17-33)42(52)53)27-26-45(6)36(40(34)47)18-19-38-44(5)23-21-35(30-10-12-31(13-11-30)41(50)51)43(3,4)37(44)22-24-46(38,45)7/h10-17,21,34,36-38,40,48H,1,8-9,18-20,22-28H2,2-7H3,(H,50,51)(H,52,53)/t34-,36+,37-,38+,40+,44-,45+,46+,47+/m0/s1. The number of allylic oxidation sites excluding steroid dienone is 3. The van der Waals surface area contributed by atoms with Crippen molar-refractivity contribution in [2.45, 2.75) is 112 Å². The molecule has 9 atom stereocenters. The highest BCUT2D eigenvalue weighted by Crippen LogP contribution is 2.78. The molecule has 7 rings (SSSR count). The molecule has 3 N–H and O–H groups in total. The highest BCUT2D eigenvalue weighted by atomic mass is 16.4. The van der Waals surface area contributed by atoms with Gasteiger partial charge in [0.25, 0.3) is 0 Å². The zero-order valence-corrected chi connectivity index (χ0v) is 32.9. The van der Waals surface area contributed by atoms with Gasteiger partial charge in [0.05, 0.1) is 11.1 Å². The largest absolute Gasteiger partial charge is 0.478 e. The molecule has 4 fully saturated rings. The van der Waals surface area contributed by atoms with Crippen molar-refractivity contribution in [1.29, 1.82) is 0 Å². The van der Waals surface area contributed by atoms with Crippen LogP contribution in [0.15, 0.2) is 66.8 Å². The number of Topliss-reactive ketones (excluding diaryl/α,β-unsaturated/α-hetero) is 1. The van der Waals surface area contributed by atoms with Gasteiger partial charge in [-0.2, -0.15) is 0 Å². The van der Waals surface area contributed by atoms with Crippen molar-refractivity contribution in [2.24, 2.45) is 56.7 Å². The van der Waals surface area contributed by atoms with Crippen molar-refractivity contribution < 1.29 is 24.6 Å². The Bertz CT molecular complexity index is 1820. The first-order valence-electron chi connectivity index (χ1n) is 20.3. The topological polar surface area (TPSA) is 104 Å². The highest BCUT2D eigenvalue weighted by molar-refractivity contribution is 5.89. The Labute approximate surface area is 316 Å². The van der Waals surface area contributed by atoms with Gasteiger partial charge in [0, 0.05) is 24.1 Å². The lowest BCUT2D eigenvalue weighted by atomic mass is 9.32. The van der Waals surface area contributed by atoms with Gasteiger partial charge in [0.15, 0.2) is 0 Å². The lowest BCUT2D eigenvalue weighted by Gasteiger charge is -2.72. The van der Waals surface area contributed by atoms with E-state index in [0.717, 1.165) is 49.8 Å². The molecule has 5 aliphatic carbocycles. The first-order valence-corrected chi connectivity index (χ1v) is 20.3. The van der Waals surface area contributed by atoms with Crippen LogP contribution in [0.4, 0.5) is 5.69 Å². The normalized spacial score (nSPS) is 36.9. The molecule has 0 spiro atoms. The summed E-state index contributed by atoms with van der Waals surface area (Å²) in [5.41, 5.74) is 5.47. The highest BCUT2D eigenvalue weighted by Gasteiger charge is 2.71. The SMILES string of the molecule is C=C(C)[C@@H]1CC[C@]2(C(=O)CCCNc3ccc(C(=O)O)cc3)CC[C@]3(C)[C@H](CC[C@@H]4[C@@]5(C)CC=C(c6ccc(C(=O)O)cc6)C(C)(C)[C@@H]5CC[C@]43C)[C@@H]12. The molecule has 6 nitrogen and oxygen atoms in total. The summed E-state index contributed by atoms with van der Waals surface area (Å²) in [5, 5.41) is 22.1. The van der Waals surface area contributed by atoms with E-state index in [1.807, 2.05) is 12.1 Å². The van der Waals surface area contributed by atoms with Crippen LogP contribution < -0.4 is 5.32 Å². The van der Waals surface area contributed by atoms with Crippen LogP contribution in [-0.2, 0) is 4.79 Å². The Morgan fingerprint density at radius 2 is 1.42 bits per heavy atom. The van der Waals surface area contributed by atoms with Crippen LogP contribution in [0.5, 0.6) is 0 Å². The Morgan fingerprint density at radius 1 is 0.774 bits per heavy atom. The van der Waals surface area contributed by atoms with Gasteiger partial charge in [-0.1, -0.05) is 65.0 Å². The molecule has 0 heterocycles. The van der Waals surface area contributed by atoms with Gasteiger partial charge >= 0.3 is 11.9 Å². The van der Waals surface area contributed by atoms with Gasteiger partial charge in [0.2, 0.25) is 0 Å². The van der Waals surface area contributed by atoms with Gasteiger partial charge in [-0.15, -0.1) is 0 Å². The molecule has 2 aromatic rings. The third-order valence-electron chi connectivity index (χ3n) is 16.7. The second kappa shape index (κ2) is 13.3. The number of carboxylic acids is 2. The predicted octanol–water partition coefficient (Wildman–Crippen LogP) is 11.2. The van der Waals surface area contributed by atoms with E-state index in [0.29, 0.717) is 53.9 Å². The van der Waals surface area contributed by atoms with E-state index in [-0.39, 0.29) is 32.6 Å². The number of nitrogens with one attached hydrogen (secondary N) is 1. The monoisotopic (exact) mass is 719 g/mol. The molecule has 53 heavy (non-hydrogen) atoms. The van der Waals surface area contributed by atoms with Crippen LogP contribution >= 0.6 is 0 Å². The smallest absolute Gasteiger partial charge is 0.335 e. The molecule has 4 saturated carbocycles. The molecule has 0 amide bonds. The molecule has 0 aliphatic heterocycles. The second-order valence-electron chi connectivity index (χ2n) is 19.1. The Morgan fingerprint density at radius 3 is 2.04 bits per heavy atom. The van der Waals surface area contributed by atoms with Crippen molar-refractivity contribution in [3.8, 4) is 0 Å². The minimum Gasteiger partial charge on any atom is -0.478 e. The fourth-order valence-corrected chi connectivity index (χ4v) is 14.0. The lowest BCUT2D eigenvalue weighted by molar-refractivity contribution is -0.224. The maximum Gasteiger partial charge on any atom is 0.335 e. The first-order chi connectivity index (χ1) is 25.0. The fourth-order valence-electron chi connectivity index (χ4n) is 14.0. The average Bonchev–Trinajstić information content (AvgIpc) is 3.52. The molecule has 6 heteroatoms. The predicted molar refractivity (Wildman–Crippen MR) is 212 cm³/mol. The maximum atomic E-state index is 14.6. The third-order valence-corrected chi connectivity index (χ3v) is 16.7. The summed E-state index contributed by atoms with van der Waals surface area (Å²) in [6, 6.07) is 14.3. The van der Waals surface area contributed by atoms with Gasteiger partial charge in [0.1, 0.15) is 5.78 Å². The first kappa shape index (κ1) is 37.6. The van der Waals surface area contributed by atoms with Crippen LogP contribution in [0.25, 0.3) is 5.57 Å². The summed E-state index contributed by atoms with van der Waals surface area (Å²) >= 11 is 0. The van der Waals surface area contributed by atoms with Gasteiger partial charge in [-0.05, 0) is 170 Å². The van der Waals surface area contributed by atoms with Crippen molar-refractivity contribution in [3.63, 3.8) is 0 Å². The van der Waals surface area contributed by atoms with E-state index in [1.165, 1.54) is 36.8 Å². The number of hydrogen-bond acceptors (Lipinski definition) is 4. The average molecular weight is 720 g/mol. The number of benzene rings is 2. The van der Waals surface area contributed by atoms with Gasteiger partial charge in [-0.3, -0.25) is 4.79 Å². The van der Waals surface area contributed by atoms with Crippen molar-refractivity contribution in [3.05, 3.63) is 83.4 Å². The van der Waals surface area contributed by atoms with E-state index in [1.54, 1.807) is 36.4 Å². The van der Waals surface area contributed by atoms with Gasteiger partial charge < -0.3 is 15.5 Å². The van der Waals surface area contributed by atoms with Crippen molar-refractivity contribution in [1.82, 2.24) is 0 Å². The summed E-state index contributed by atoms with van der Waals surface area (Å²) in [6.45, 7) is 20.2. The summed E-state index contributed by atoms with van der Waals surface area (Å²) in [6.07, 6.45) is 13.9. The van der Waals surface area contributed by atoms with Crippen molar-refractivity contribution in [2.75, 3.05) is 11.9 Å². The Hall–Kier alpha value is -3.67. The molecular formula is C47H61NO5. The third kappa shape index (κ3) is 5.75. The van der Waals surface area contributed by atoms with E-state index >= 15 is 0 Å². The van der Waals surface area contributed by atoms with E-state index in [2.05, 4.69) is 59.5 Å². The fraction of sp³-hybridized carbons (Fsp3) is 0.596. The molecular weight excluding hydrogens is 659 g/mol. The van der Waals surface area contributed by atoms with Crippen LogP contribution in [0.1, 0.15) is 138 Å². The second-order valence-corrected chi connectivity index (χ2v) is 19.1. The summed E-state index contributed by atoms with van der Waals surface area (Å²) < 4.78 is 0. The number of carbonyl (C=O) groups excluding carboxylic acids is 1. The Kier molecular flexibility index (Phi) is 9.42. The van der Waals surface area contributed by atoms with E-state index in [9.17, 15) is 24.6 Å². The minimum absolute atomic E-state index is 0.0295. The number of fused-ring (bicyclic) bond motifs is 7. The van der Waals surface area contributed by atoms with Crippen molar-refractivity contribution >= 4 is 29.0 Å². The molecule has 0 radical (unpaired) electrons. The molecule has 0 unspecified atom stereocenters. The molecule has 5 aliphatic rings. The zero-order valence-electron chi connectivity index (χ0n) is 32.9. The molecule has 0 bridgehead atoms. The number of aromatic carboxylic acids is 2. The number of ketones is 1. The van der Waals surface area contributed by atoms with Crippen LogP contribution in [0.2, 0.25) is 0 Å².